The van der Waals surface area contributed by atoms with Gasteiger partial charge in [-0.15, -0.1) is 0 Å². The number of nitrogens with zero attached hydrogens (tertiary/aromatic N) is 1. The number of esters is 2. The SMILES string of the molecule is COc1ccc(CN)cc1OC.COc1cccc(CN2C(=O)C=CC2=O)c1OC.O=C1C=CC(=O)O1. The van der Waals surface area contributed by atoms with Gasteiger partial charge in [0.25, 0.3) is 11.8 Å². The van der Waals surface area contributed by atoms with Gasteiger partial charge in [0, 0.05) is 36.4 Å². The van der Waals surface area contributed by atoms with E-state index in [-0.39, 0.29) is 18.4 Å². The molecule has 11 nitrogen and oxygen atoms in total. The Bertz CT molecular complexity index is 1170. The van der Waals surface area contributed by atoms with Crippen LogP contribution in [0.15, 0.2) is 60.7 Å². The second-order valence-corrected chi connectivity index (χ2v) is 7.22. The summed E-state index contributed by atoms with van der Waals surface area (Å²) in [5.74, 6) is 0.773. The standard InChI is InChI=1S/C13H13NO4.C9H13NO2.C4H2O3/c1-17-10-5-3-4-9(13(10)18-2)8-14-11(15)6-7-12(14)16;1-11-8-4-3-7(6-10)5-9(8)12-2;5-3-1-2-4(6)7-3/h3-7H,8H2,1-2H3;3-5H,6,10H2,1-2H3;1-2H. The highest BCUT2D eigenvalue weighted by molar-refractivity contribution is 6.12. The zero-order valence-electron chi connectivity index (χ0n) is 20.9. The van der Waals surface area contributed by atoms with Gasteiger partial charge in [0.1, 0.15) is 0 Å². The van der Waals surface area contributed by atoms with Crippen LogP contribution in [-0.4, -0.2) is 57.1 Å². The smallest absolute Gasteiger partial charge is 0.338 e. The van der Waals surface area contributed by atoms with Crippen molar-refractivity contribution in [3.05, 3.63) is 71.8 Å². The molecule has 196 valence electrons. The van der Waals surface area contributed by atoms with Gasteiger partial charge in [-0.2, -0.15) is 0 Å². The molecule has 0 saturated carbocycles. The number of cyclic esters (lactones) is 2. The van der Waals surface area contributed by atoms with Crippen LogP contribution in [0.5, 0.6) is 23.0 Å². The molecule has 0 spiro atoms. The van der Waals surface area contributed by atoms with Gasteiger partial charge in [0.2, 0.25) is 0 Å². The third-order valence-corrected chi connectivity index (χ3v) is 4.95. The van der Waals surface area contributed by atoms with Crippen molar-refractivity contribution in [1.82, 2.24) is 4.90 Å². The molecular weight excluding hydrogens is 484 g/mol. The zero-order valence-corrected chi connectivity index (χ0v) is 20.9. The molecule has 4 rings (SSSR count). The van der Waals surface area contributed by atoms with E-state index in [4.69, 9.17) is 24.7 Å². The number of carbonyl (C=O) groups excluding carboxylic acids is 4. The molecule has 0 unspecified atom stereocenters. The summed E-state index contributed by atoms with van der Waals surface area (Å²) < 4.78 is 24.6. The van der Waals surface area contributed by atoms with Crippen molar-refractivity contribution in [3.8, 4) is 23.0 Å². The molecule has 11 heteroatoms. The number of imide groups is 1. The number of ether oxygens (including phenoxy) is 5. The van der Waals surface area contributed by atoms with Crippen molar-refractivity contribution in [2.24, 2.45) is 5.73 Å². The Morgan fingerprint density at radius 1 is 0.730 bits per heavy atom. The number of amides is 2. The third kappa shape index (κ3) is 7.94. The molecular formula is C26H28N2O9. The fourth-order valence-electron chi connectivity index (χ4n) is 3.15. The largest absolute Gasteiger partial charge is 0.493 e. The maximum atomic E-state index is 11.5. The number of nitrogens with two attached hydrogens (primary N) is 1. The quantitative estimate of drug-likeness (QED) is 0.332. The van der Waals surface area contributed by atoms with Crippen LogP contribution < -0.4 is 24.7 Å². The van der Waals surface area contributed by atoms with Crippen LogP contribution in [0.3, 0.4) is 0 Å². The summed E-state index contributed by atoms with van der Waals surface area (Å²) in [5, 5.41) is 0. The minimum atomic E-state index is -0.579. The van der Waals surface area contributed by atoms with Gasteiger partial charge in [0.05, 0.1) is 35.0 Å². The van der Waals surface area contributed by atoms with Crippen LogP contribution in [0, 0.1) is 0 Å². The van der Waals surface area contributed by atoms with E-state index >= 15 is 0 Å². The maximum absolute atomic E-state index is 11.5. The van der Waals surface area contributed by atoms with E-state index in [0.717, 1.165) is 39.7 Å². The molecule has 2 aliphatic rings. The fourth-order valence-corrected chi connectivity index (χ4v) is 3.15. The topological polar surface area (TPSA) is 144 Å². The highest BCUT2D eigenvalue weighted by atomic mass is 16.6. The molecule has 2 aromatic carbocycles. The molecule has 0 aromatic heterocycles. The molecule has 0 atom stereocenters. The molecule has 0 bridgehead atoms. The second-order valence-electron chi connectivity index (χ2n) is 7.22. The van der Waals surface area contributed by atoms with Crippen molar-refractivity contribution >= 4 is 23.8 Å². The minimum Gasteiger partial charge on any atom is -0.493 e. The van der Waals surface area contributed by atoms with Crippen molar-refractivity contribution in [3.63, 3.8) is 0 Å². The molecule has 2 heterocycles. The average molecular weight is 513 g/mol. The predicted octanol–water partition coefficient (Wildman–Crippen LogP) is 1.92. The number of hydrogen-bond acceptors (Lipinski definition) is 10. The second kappa shape index (κ2) is 14.0. The molecule has 0 saturated heterocycles. The number of hydrogen-bond donors (Lipinski definition) is 1. The first-order chi connectivity index (χ1) is 17.8. The van der Waals surface area contributed by atoms with Gasteiger partial charge in [-0.3, -0.25) is 14.5 Å². The lowest BCUT2D eigenvalue weighted by atomic mass is 10.1. The Hall–Kier alpha value is -4.64. The minimum absolute atomic E-state index is 0.172. The van der Waals surface area contributed by atoms with Crippen LogP contribution in [0.1, 0.15) is 11.1 Å². The molecule has 2 N–H and O–H groups in total. The summed E-state index contributed by atoms with van der Waals surface area (Å²) in [7, 11) is 6.28. The maximum Gasteiger partial charge on any atom is 0.338 e. The lowest BCUT2D eigenvalue weighted by molar-refractivity contribution is -0.150. The van der Waals surface area contributed by atoms with Crippen molar-refractivity contribution < 1.29 is 42.9 Å². The van der Waals surface area contributed by atoms with E-state index < -0.39 is 11.9 Å². The number of carbonyl (C=O) groups is 4. The molecule has 2 aromatic rings. The number of rotatable bonds is 7. The lowest BCUT2D eigenvalue weighted by Crippen LogP contribution is -2.29. The summed E-state index contributed by atoms with van der Waals surface area (Å²) in [6.45, 7) is 0.686. The number of benzene rings is 2. The van der Waals surface area contributed by atoms with Gasteiger partial charge in [-0.05, 0) is 23.8 Å². The van der Waals surface area contributed by atoms with Gasteiger partial charge in [-0.25, -0.2) is 9.59 Å². The van der Waals surface area contributed by atoms with E-state index in [2.05, 4.69) is 4.74 Å². The van der Waals surface area contributed by atoms with Crippen molar-refractivity contribution in [2.45, 2.75) is 13.1 Å². The van der Waals surface area contributed by atoms with Gasteiger partial charge in [-0.1, -0.05) is 18.2 Å². The molecule has 0 fully saturated rings. The van der Waals surface area contributed by atoms with Crippen LogP contribution in [-0.2, 0) is 37.0 Å². The first-order valence-electron chi connectivity index (χ1n) is 10.9. The Balaban J connectivity index is 0.000000217. The average Bonchev–Trinajstić information content (AvgIpc) is 3.46. The van der Waals surface area contributed by atoms with Crippen LogP contribution in [0.2, 0.25) is 0 Å². The van der Waals surface area contributed by atoms with Crippen molar-refractivity contribution in [2.75, 3.05) is 28.4 Å². The molecule has 0 aliphatic carbocycles. The zero-order chi connectivity index (χ0) is 27.4. The van der Waals surface area contributed by atoms with Crippen molar-refractivity contribution in [1.29, 1.82) is 0 Å². The lowest BCUT2D eigenvalue weighted by Gasteiger charge is -2.17. The van der Waals surface area contributed by atoms with E-state index in [1.807, 2.05) is 18.2 Å². The van der Waals surface area contributed by atoms with Gasteiger partial charge >= 0.3 is 11.9 Å². The van der Waals surface area contributed by atoms with Gasteiger partial charge < -0.3 is 29.4 Å². The van der Waals surface area contributed by atoms with Crippen LogP contribution in [0.25, 0.3) is 0 Å². The molecule has 2 amide bonds. The molecule has 0 radical (unpaired) electrons. The van der Waals surface area contributed by atoms with Crippen LogP contribution in [0.4, 0.5) is 0 Å². The van der Waals surface area contributed by atoms with E-state index in [1.54, 1.807) is 32.4 Å². The highest BCUT2D eigenvalue weighted by Crippen LogP contribution is 2.32. The summed E-state index contributed by atoms with van der Waals surface area (Å²) >= 11 is 0. The highest BCUT2D eigenvalue weighted by Gasteiger charge is 2.25. The Morgan fingerprint density at radius 3 is 1.78 bits per heavy atom. The van der Waals surface area contributed by atoms with E-state index in [0.29, 0.717) is 18.0 Å². The summed E-state index contributed by atoms with van der Waals surface area (Å²) in [6.07, 6.45) is 4.69. The predicted molar refractivity (Wildman–Crippen MR) is 132 cm³/mol. The third-order valence-electron chi connectivity index (χ3n) is 4.95. The normalized spacial score (nSPS) is 13.4. The number of para-hydroxylation sites is 1. The Labute approximate surface area is 214 Å². The first kappa shape index (κ1) is 28.6. The monoisotopic (exact) mass is 512 g/mol. The Kier molecular flexibility index (Phi) is 10.9. The van der Waals surface area contributed by atoms with E-state index in [1.165, 1.54) is 26.4 Å². The Morgan fingerprint density at radius 2 is 1.32 bits per heavy atom. The summed E-state index contributed by atoms with van der Waals surface area (Å²) in [5.41, 5.74) is 7.23. The summed E-state index contributed by atoms with van der Waals surface area (Å²) in [6, 6.07) is 11.0. The number of methoxy groups -OCH3 is 4. The van der Waals surface area contributed by atoms with E-state index in [9.17, 15) is 19.2 Å². The van der Waals surface area contributed by atoms with Gasteiger partial charge in [0.15, 0.2) is 23.0 Å². The summed E-state index contributed by atoms with van der Waals surface area (Å²) in [4.78, 5) is 44.0. The fraction of sp³-hybridized carbons (Fsp3) is 0.231. The van der Waals surface area contributed by atoms with Crippen LogP contribution >= 0.6 is 0 Å². The molecule has 37 heavy (non-hydrogen) atoms. The first-order valence-corrected chi connectivity index (χ1v) is 10.9. The molecule has 2 aliphatic heterocycles.